The molecule has 12 heavy (non-hydrogen) atoms. The number of hydrogen-bond acceptors (Lipinski definition) is 0. The van der Waals surface area contributed by atoms with E-state index in [9.17, 15) is 0 Å². The van der Waals surface area contributed by atoms with Crippen molar-refractivity contribution >= 4 is 0 Å². The van der Waals surface area contributed by atoms with E-state index in [1.807, 2.05) is 6.92 Å². The fourth-order valence-corrected chi connectivity index (χ4v) is 1.37. The third kappa shape index (κ3) is 1.58. The van der Waals surface area contributed by atoms with E-state index in [4.69, 9.17) is 0 Å². The van der Waals surface area contributed by atoms with Crippen LogP contribution in [0.2, 0.25) is 0 Å². The maximum Gasteiger partial charge on any atom is 0.204 e. The summed E-state index contributed by atoms with van der Waals surface area (Å²) in [6.45, 7) is 7.27. The quantitative estimate of drug-likeness (QED) is 0.464. The second-order valence-electron chi connectivity index (χ2n) is 3.10. The van der Waals surface area contributed by atoms with Gasteiger partial charge in [0.1, 0.15) is 0 Å². The van der Waals surface area contributed by atoms with Crippen LogP contribution in [0.4, 0.5) is 0 Å². The van der Waals surface area contributed by atoms with E-state index in [0.29, 0.717) is 0 Å². The number of hydrogen-bond donors (Lipinski definition) is 0. The van der Waals surface area contributed by atoms with Crippen molar-refractivity contribution in [2.24, 2.45) is 7.05 Å². The highest BCUT2D eigenvalue weighted by molar-refractivity contribution is 5.02. The molecule has 0 amide bonds. The van der Waals surface area contributed by atoms with Gasteiger partial charge in [-0.1, -0.05) is 12.2 Å². The second kappa shape index (κ2) is 3.57. The van der Waals surface area contributed by atoms with E-state index >= 15 is 0 Å². The molecule has 0 saturated heterocycles. The summed E-state index contributed by atoms with van der Waals surface area (Å²) >= 11 is 0. The third-order valence-corrected chi connectivity index (χ3v) is 2.21. The lowest BCUT2D eigenvalue weighted by molar-refractivity contribution is -0.758. The molecular formula is C10H17N2+. The first kappa shape index (κ1) is 9.04. The Balaban J connectivity index is 2.97. The lowest BCUT2D eigenvalue weighted by Crippen LogP contribution is -2.41. The zero-order chi connectivity index (χ0) is 9.14. The van der Waals surface area contributed by atoms with Crippen molar-refractivity contribution in [2.45, 2.75) is 27.3 Å². The van der Waals surface area contributed by atoms with Gasteiger partial charge < -0.3 is 0 Å². The summed E-state index contributed by atoms with van der Waals surface area (Å²) in [5.74, 6) is 0. The van der Waals surface area contributed by atoms with Gasteiger partial charge in [-0.05, 0) is 13.8 Å². The van der Waals surface area contributed by atoms with Gasteiger partial charge in [0.15, 0.2) is 7.05 Å². The van der Waals surface area contributed by atoms with E-state index in [1.165, 1.54) is 11.4 Å². The smallest absolute Gasteiger partial charge is 0.154 e. The molecule has 66 valence electrons. The van der Waals surface area contributed by atoms with Gasteiger partial charge in [0.25, 0.3) is 0 Å². The molecule has 0 bridgehead atoms. The van der Waals surface area contributed by atoms with E-state index in [2.05, 4.69) is 48.5 Å². The molecule has 0 aromatic carbocycles. The van der Waals surface area contributed by atoms with Crippen molar-refractivity contribution < 1.29 is 4.68 Å². The van der Waals surface area contributed by atoms with Crippen LogP contribution in [0.25, 0.3) is 0 Å². The van der Waals surface area contributed by atoms with Crippen LogP contribution in [0, 0.1) is 13.8 Å². The monoisotopic (exact) mass is 165 g/mol. The lowest BCUT2D eigenvalue weighted by Gasteiger charge is -1.97. The van der Waals surface area contributed by atoms with Gasteiger partial charge >= 0.3 is 0 Å². The first-order chi connectivity index (χ1) is 5.66. The first-order valence-corrected chi connectivity index (χ1v) is 4.31. The van der Waals surface area contributed by atoms with Gasteiger partial charge in [-0.15, -0.1) is 4.68 Å². The maximum atomic E-state index is 2.25. The summed E-state index contributed by atoms with van der Waals surface area (Å²) in [5, 5.41) is 0. The van der Waals surface area contributed by atoms with Gasteiger partial charge in [-0.2, -0.15) is 4.68 Å². The Morgan fingerprint density at radius 2 is 2.17 bits per heavy atom. The highest BCUT2D eigenvalue weighted by atomic mass is 15.4. The minimum Gasteiger partial charge on any atom is -0.154 e. The molecule has 0 fully saturated rings. The van der Waals surface area contributed by atoms with Crippen molar-refractivity contribution in [3.8, 4) is 0 Å². The lowest BCUT2D eigenvalue weighted by atomic mass is 10.4. The number of aryl methyl sites for hydroxylation is 2. The van der Waals surface area contributed by atoms with Crippen molar-refractivity contribution in [2.75, 3.05) is 0 Å². The Labute approximate surface area is 74.1 Å². The first-order valence-electron chi connectivity index (χ1n) is 4.31. The molecule has 0 N–H and O–H groups in total. The topological polar surface area (TPSA) is 8.81 Å². The largest absolute Gasteiger partial charge is 0.204 e. The van der Waals surface area contributed by atoms with Crippen LogP contribution >= 0.6 is 0 Å². The van der Waals surface area contributed by atoms with Gasteiger partial charge in [-0.25, -0.2) is 0 Å². The van der Waals surface area contributed by atoms with E-state index in [0.717, 1.165) is 6.54 Å². The molecule has 0 aliphatic rings. The zero-order valence-corrected chi connectivity index (χ0v) is 8.33. The molecule has 1 aromatic heterocycles. The van der Waals surface area contributed by atoms with Gasteiger partial charge in [-0.3, -0.25) is 0 Å². The predicted molar refractivity (Wildman–Crippen MR) is 49.9 cm³/mol. The van der Waals surface area contributed by atoms with Gasteiger partial charge in [0.2, 0.25) is 5.69 Å². The fourth-order valence-electron chi connectivity index (χ4n) is 1.37. The average molecular weight is 165 g/mol. The molecule has 0 radical (unpaired) electrons. The molecular weight excluding hydrogens is 148 g/mol. The SMILES string of the molecule is CC=CCn1c(C)cc(C)[n+]1C. The molecule has 0 unspecified atom stereocenters. The molecule has 0 atom stereocenters. The molecule has 0 aliphatic heterocycles. The molecule has 0 spiro atoms. The highest BCUT2D eigenvalue weighted by Crippen LogP contribution is 1.98. The molecule has 2 nitrogen and oxygen atoms in total. The summed E-state index contributed by atoms with van der Waals surface area (Å²) in [6.07, 6.45) is 4.24. The Kier molecular flexibility index (Phi) is 2.69. The Hall–Kier alpha value is -1.05. The Morgan fingerprint density at radius 1 is 1.50 bits per heavy atom. The number of rotatable bonds is 2. The molecule has 1 heterocycles. The molecule has 1 rings (SSSR count). The van der Waals surface area contributed by atoms with E-state index in [1.54, 1.807) is 0 Å². The van der Waals surface area contributed by atoms with Crippen LogP contribution in [0.1, 0.15) is 18.3 Å². The summed E-state index contributed by atoms with van der Waals surface area (Å²) < 4.78 is 4.42. The van der Waals surface area contributed by atoms with Crippen LogP contribution in [-0.4, -0.2) is 4.68 Å². The van der Waals surface area contributed by atoms with E-state index < -0.39 is 0 Å². The number of allylic oxidation sites excluding steroid dienone is 2. The van der Waals surface area contributed by atoms with Crippen LogP contribution in [0.3, 0.4) is 0 Å². The van der Waals surface area contributed by atoms with Crippen LogP contribution in [0.5, 0.6) is 0 Å². The standard InChI is InChI=1S/C10H17N2/c1-5-6-7-12-10(3)8-9(2)11(12)4/h5-6,8H,7H2,1-4H3/q+1. The van der Waals surface area contributed by atoms with Gasteiger partial charge in [0, 0.05) is 13.0 Å². The molecule has 0 saturated carbocycles. The maximum absolute atomic E-state index is 2.25. The van der Waals surface area contributed by atoms with Crippen LogP contribution in [-0.2, 0) is 13.6 Å². The van der Waals surface area contributed by atoms with Crippen LogP contribution in [0.15, 0.2) is 18.2 Å². The normalized spacial score (nSPS) is 11.3. The summed E-state index contributed by atoms with van der Waals surface area (Å²) in [6, 6.07) is 2.20. The summed E-state index contributed by atoms with van der Waals surface area (Å²) in [5.41, 5.74) is 2.62. The molecule has 1 aromatic rings. The Morgan fingerprint density at radius 3 is 2.58 bits per heavy atom. The fraction of sp³-hybridized carbons (Fsp3) is 0.500. The Bertz CT molecular complexity index is 295. The van der Waals surface area contributed by atoms with Crippen molar-refractivity contribution in [1.29, 1.82) is 0 Å². The molecule has 2 heteroatoms. The van der Waals surface area contributed by atoms with Gasteiger partial charge in [0.05, 0.1) is 12.2 Å². The highest BCUT2D eigenvalue weighted by Gasteiger charge is 2.10. The minimum atomic E-state index is 0.965. The third-order valence-electron chi connectivity index (χ3n) is 2.21. The second-order valence-corrected chi connectivity index (χ2v) is 3.10. The average Bonchev–Trinajstić information content (AvgIpc) is 2.25. The zero-order valence-electron chi connectivity index (χ0n) is 8.33. The van der Waals surface area contributed by atoms with Crippen molar-refractivity contribution in [3.63, 3.8) is 0 Å². The minimum absolute atomic E-state index is 0.965. The number of nitrogens with zero attached hydrogens (tertiary/aromatic N) is 2. The van der Waals surface area contributed by atoms with Crippen molar-refractivity contribution in [3.05, 3.63) is 29.6 Å². The molecule has 0 aliphatic carbocycles. The van der Waals surface area contributed by atoms with E-state index in [-0.39, 0.29) is 0 Å². The predicted octanol–water partition coefficient (Wildman–Crippen LogP) is 1.51. The van der Waals surface area contributed by atoms with Crippen molar-refractivity contribution in [1.82, 2.24) is 4.68 Å². The van der Waals surface area contributed by atoms with Crippen LogP contribution < -0.4 is 4.68 Å². The number of aromatic nitrogens is 2. The summed E-state index contributed by atoms with van der Waals surface area (Å²) in [7, 11) is 2.09. The summed E-state index contributed by atoms with van der Waals surface area (Å²) in [4.78, 5) is 0.